The van der Waals surface area contributed by atoms with Gasteiger partial charge in [0.1, 0.15) is 0 Å². The SMILES string of the molecule is CC(C)CNC1(CN)CCOC1C. The van der Waals surface area contributed by atoms with Gasteiger partial charge in [0.2, 0.25) is 0 Å². The lowest BCUT2D eigenvalue weighted by Gasteiger charge is -2.32. The first-order valence-corrected chi connectivity index (χ1v) is 5.17. The molecular weight excluding hydrogens is 164 g/mol. The molecule has 0 saturated carbocycles. The Morgan fingerprint density at radius 3 is 2.69 bits per heavy atom. The molecule has 0 bridgehead atoms. The minimum Gasteiger partial charge on any atom is -0.376 e. The summed E-state index contributed by atoms with van der Waals surface area (Å²) >= 11 is 0. The number of nitrogens with one attached hydrogen (secondary N) is 1. The van der Waals surface area contributed by atoms with Crippen molar-refractivity contribution in [2.75, 3.05) is 19.7 Å². The number of nitrogens with two attached hydrogens (primary N) is 1. The van der Waals surface area contributed by atoms with Crippen molar-refractivity contribution in [3.05, 3.63) is 0 Å². The second-order valence-corrected chi connectivity index (χ2v) is 4.40. The maximum absolute atomic E-state index is 5.80. The summed E-state index contributed by atoms with van der Waals surface area (Å²) in [4.78, 5) is 0. The van der Waals surface area contributed by atoms with Gasteiger partial charge in [0.15, 0.2) is 0 Å². The standard InChI is InChI=1S/C10H22N2O/c1-8(2)6-12-10(7-11)4-5-13-9(10)3/h8-9,12H,4-7,11H2,1-3H3. The Morgan fingerprint density at radius 2 is 2.31 bits per heavy atom. The lowest BCUT2D eigenvalue weighted by molar-refractivity contribution is 0.0843. The Hall–Kier alpha value is -0.120. The molecule has 2 unspecified atom stereocenters. The summed E-state index contributed by atoms with van der Waals surface area (Å²) in [5.41, 5.74) is 5.83. The molecule has 0 amide bonds. The van der Waals surface area contributed by atoms with Crippen LogP contribution in [0.4, 0.5) is 0 Å². The van der Waals surface area contributed by atoms with Crippen molar-refractivity contribution in [2.45, 2.75) is 38.8 Å². The Bertz CT molecular complexity index is 161. The highest BCUT2D eigenvalue weighted by molar-refractivity contribution is 4.98. The molecule has 1 saturated heterocycles. The van der Waals surface area contributed by atoms with Gasteiger partial charge >= 0.3 is 0 Å². The first-order chi connectivity index (χ1) is 6.10. The van der Waals surface area contributed by atoms with Crippen LogP contribution in [0.5, 0.6) is 0 Å². The molecule has 78 valence electrons. The summed E-state index contributed by atoms with van der Waals surface area (Å²) in [7, 11) is 0. The van der Waals surface area contributed by atoms with Crippen LogP contribution in [0.1, 0.15) is 27.2 Å². The largest absolute Gasteiger partial charge is 0.376 e. The van der Waals surface area contributed by atoms with E-state index in [9.17, 15) is 0 Å². The molecule has 0 radical (unpaired) electrons. The van der Waals surface area contributed by atoms with E-state index in [0.29, 0.717) is 12.5 Å². The Balaban J connectivity index is 2.49. The van der Waals surface area contributed by atoms with Gasteiger partial charge in [-0.3, -0.25) is 0 Å². The van der Waals surface area contributed by atoms with Crippen LogP contribution in [0, 0.1) is 5.92 Å². The molecule has 3 N–H and O–H groups in total. The molecule has 0 aliphatic carbocycles. The summed E-state index contributed by atoms with van der Waals surface area (Å²) in [5, 5.41) is 3.54. The number of ether oxygens (including phenoxy) is 1. The highest BCUT2D eigenvalue weighted by Crippen LogP contribution is 2.24. The van der Waals surface area contributed by atoms with E-state index in [0.717, 1.165) is 19.6 Å². The van der Waals surface area contributed by atoms with E-state index in [1.807, 2.05) is 0 Å². The van der Waals surface area contributed by atoms with Gasteiger partial charge in [0.25, 0.3) is 0 Å². The molecule has 0 aromatic rings. The third kappa shape index (κ3) is 2.42. The number of hydrogen-bond donors (Lipinski definition) is 2. The lowest BCUT2D eigenvalue weighted by Crippen LogP contribution is -2.56. The zero-order chi connectivity index (χ0) is 9.90. The minimum absolute atomic E-state index is 0.0320. The van der Waals surface area contributed by atoms with E-state index in [1.54, 1.807) is 0 Å². The third-order valence-electron chi connectivity index (χ3n) is 2.92. The summed E-state index contributed by atoms with van der Waals surface area (Å²) in [6.45, 7) is 9.04. The van der Waals surface area contributed by atoms with E-state index in [1.165, 1.54) is 0 Å². The van der Waals surface area contributed by atoms with Gasteiger partial charge in [-0.05, 0) is 25.8 Å². The minimum atomic E-state index is 0.0320. The average Bonchev–Trinajstić information content (AvgIpc) is 2.45. The third-order valence-corrected chi connectivity index (χ3v) is 2.92. The summed E-state index contributed by atoms with van der Waals surface area (Å²) in [6, 6.07) is 0. The average molecular weight is 186 g/mol. The molecule has 2 atom stereocenters. The fraction of sp³-hybridized carbons (Fsp3) is 1.00. The van der Waals surface area contributed by atoms with Crippen LogP contribution in [-0.4, -0.2) is 31.3 Å². The molecule has 1 heterocycles. The first-order valence-electron chi connectivity index (χ1n) is 5.17. The number of rotatable bonds is 4. The normalized spacial score (nSPS) is 34.4. The van der Waals surface area contributed by atoms with Crippen molar-refractivity contribution < 1.29 is 4.74 Å². The molecule has 0 aromatic carbocycles. The van der Waals surface area contributed by atoms with Crippen molar-refractivity contribution in [3.8, 4) is 0 Å². The Labute approximate surface area is 81.0 Å². The van der Waals surface area contributed by atoms with Crippen LogP contribution in [0.25, 0.3) is 0 Å². The van der Waals surface area contributed by atoms with Crippen LogP contribution < -0.4 is 11.1 Å². The van der Waals surface area contributed by atoms with E-state index in [-0.39, 0.29) is 11.6 Å². The molecule has 1 aliphatic heterocycles. The molecule has 1 fully saturated rings. The van der Waals surface area contributed by atoms with Crippen LogP contribution >= 0.6 is 0 Å². The lowest BCUT2D eigenvalue weighted by atomic mass is 9.91. The highest BCUT2D eigenvalue weighted by Gasteiger charge is 2.39. The van der Waals surface area contributed by atoms with Gasteiger partial charge in [0, 0.05) is 13.2 Å². The van der Waals surface area contributed by atoms with E-state index in [2.05, 4.69) is 26.1 Å². The maximum atomic E-state index is 5.80. The van der Waals surface area contributed by atoms with E-state index < -0.39 is 0 Å². The molecule has 1 aliphatic rings. The van der Waals surface area contributed by atoms with Crippen molar-refractivity contribution in [3.63, 3.8) is 0 Å². The van der Waals surface area contributed by atoms with Gasteiger partial charge in [-0.1, -0.05) is 13.8 Å². The summed E-state index contributed by atoms with van der Waals surface area (Å²) < 4.78 is 5.55. The molecule has 0 aromatic heterocycles. The Morgan fingerprint density at radius 1 is 1.62 bits per heavy atom. The number of hydrogen-bond acceptors (Lipinski definition) is 3. The van der Waals surface area contributed by atoms with Crippen molar-refractivity contribution in [1.29, 1.82) is 0 Å². The second-order valence-electron chi connectivity index (χ2n) is 4.40. The topological polar surface area (TPSA) is 47.3 Å². The van der Waals surface area contributed by atoms with E-state index in [4.69, 9.17) is 10.5 Å². The van der Waals surface area contributed by atoms with E-state index >= 15 is 0 Å². The first kappa shape index (κ1) is 11.0. The van der Waals surface area contributed by atoms with Crippen LogP contribution in [0.2, 0.25) is 0 Å². The fourth-order valence-corrected chi connectivity index (χ4v) is 1.76. The van der Waals surface area contributed by atoms with Gasteiger partial charge in [-0.2, -0.15) is 0 Å². The Kier molecular flexibility index (Phi) is 3.71. The molecule has 1 rings (SSSR count). The molecule has 3 nitrogen and oxygen atoms in total. The predicted octanol–water partition coefficient (Wildman–Crippen LogP) is 0.738. The van der Waals surface area contributed by atoms with Crippen LogP contribution in [0.15, 0.2) is 0 Å². The predicted molar refractivity (Wildman–Crippen MR) is 54.7 cm³/mol. The van der Waals surface area contributed by atoms with Crippen molar-refractivity contribution >= 4 is 0 Å². The smallest absolute Gasteiger partial charge is 0.0741 e. The monoisotopic (exact) mass is 186 g/mol. The van der Waals surface area contributed by atoms with Gasteiger partial charge in [0.05, 0.1) is 11.6 Å². The van der Waals surface area contributed by atoms with Gasteiger partial charge < -0.3 is 15.8 Å². The summed E-state index contributed by atoms with van der Waals surface area (Å²) in [6.07, 6.45) is 1.29. The zero-order valence-corrected chi connectivity index (χ0v) is 8.97. The zero-order valence-electron chi connectivity index (χ0n) is 8.97. The molecule has 0 spiro atoms. The molecule has 3 heteroatoms. The van der Waals surface area contributed by atoms with Gasteiger partial charge in [-0.15, -0.1) is 0 Å². The van der Waals surface area contributed by atoms with Gasteiger partial charge in [-0.25, -0.2) is 0 Å². The maximum Gasteiger partial charge on any atom is 0.0741 e. The fourth-order valence-electron chi connectivity index (χ4n) is 1.76. The van der Waals surface area contributed by atoms with Crippen molar-refractivity contribution in [1.82, 2.24) is 5.32 Å². The summed E-state index contributed by atoms with van der Waals surface area (Å²) in [5.74, 6) is 0.663. The highest BCUT2D eigenvalue weighted by atomic mass is 16.5. The van der Waals surface area contributed by atoms with Crippen LogP contribution in [-0.2, 0) is 4.74 Å². The molecular formula is C10H22N2O. The quantitative estimate of drug-likeness (QED) is 0.680. The van der Waals surface area contributed by atoms with Crippen LogP contribution in [0.3, 0.4) is 0 Å². The van der Waals surface area contributed by atoms with Crippen molar-refractivity contribution in [2.24, 2.45) is 11.7 Å². The second kappa shape index (κ2) is 4.40. The molecule has 13 heavy (non-hydrogen) atoms.